The molecule has 0 aliphatic heterocycles. The smallest absolute Gasteiger partial charge is 0 e. The van der Waals surface area contributed by atoms with Crippen LogP contribution >= 0.6 is 0 Å². The SMILES string of the molecule is Fc1ccc2c(n1)oc1c[c-]c(-c3cc(CC4CCCC4)ccn3)cc12.[CH3][Ge]([CH3])([CH3])[c]1ccc(-c2[c-]cccc2)nc1.[Ir]. The Hall–Kier alpha value is -3.19. The van der Waals surface area contributed by atoms with Crippen LogP contribution in [0.5, 0.6) is 0 Å². The monoisotopic (exact) mass is 810 g/mol. The molecule has 1 saturated carbocycles. The molecule has 4 nitrogen and oxygen atoms in total. The van der Waals surface area contributed by atoms with Gasteiger partial charge in [-0.2, -0.15) is 9.37 Å². The van der Waals surface area contributed by atoms with Gasteiger partial charge in [-0.1, -0.05) is 42.7 Å². The molecule has 1 aliphatic rings. The van der Waals surface area contributed by atoms with Gasteiger partial charge in [-0.05, 0) is 36.2 Å². The first kappa shape index (κ1) is 31.2. The average Bonchev–Trinajstić information content (AvgIpc) is 3.64. The first-order valence-corrected chi connectivity index (χ1v) is 22.0. The molecule has 0 atom stereocenters. The first-order valence-electron chi connectivity index (χ1n) is 14.6. The van der Waals surface area contributed by atoms with Crippen molar-refractivity contribution in [2.75, 3.05) is 0 Å². The fraction of sp³-hybridized carbons (Fsp3) is 0.250. The molecule has 4 aromatic heterocycles. The summed E-state index contributed by atoms with van der Waals surface area (Å²) >= 11 is -1.72. The fourth-order valence-corrected chi connectivity index (χ4v) is 7.74. The van der Waals surface area contributed by atoms with E-state index >= 15 is 0 Å². The van der Waals surface area contributed by atoms with Crippen molar-refractivity contribution >= 4 is 39.7 Å². The van der Waals surface area contributed by atoms with Crippen LogP contribution in [0.4, 0.5) is 4.39 Å². The number of pyridine rings is 3. The number of rotatable bonds is 5. The second-order valence-electron chi connectivity index (χ2n) is 12.1. The van der Waals surface area contributed by atoms with Crippen LogP contribution in [0.2, 0.25) is 17.3 Å². The van der Waals surface area contributed by atoms with Crippen LogP contribution in [0.1, 0.15) is 31.2 Å². The number of furan rings is 1. The topological polar surface area (TPSA) is 51.8 Å². The van der Waals surface area contributed by atoms with E-state index in [1.807, 2.05) is 42.7 Å². The van der Waals surface area contributed by atoms with Crippen molar-refractivity contribution in [1.82, 2.24) is 15.0 Å². The van der Waals surface area contributed by atoms with E-state index in [1.165, 1.54) is 41.7 Å². The van der Waals surface area contributed by atoms with Crippen molar-refractivity contribution in [1.29, 1.82) is 0 Å². The van der Waals surface area contributed by atoms with E-state index < -0.39 is 19.2 Å². The molecule has 0 bridgehead atoms. The van der Waals surface area contributed by atoms with Crippen LogP contribution in [0.15, 0.2) is 89.6 Å². The third-order valence-electron chi connectivity index (χ3n) is 7.95. The molecule has 0 saturated heterocycles. The summed E-state index contributed by atoms with van der Waals surface area (Å²) in [5.74, 6) is 7.40. The fourth-order valence-electron chi connectivity index (χ4n) is 5.57. The Balaban J connectivity index is 0.000000188. The summed E-state index contributed by atoms with van der Waals surface area (Å²) < 4.78 is 20.4. The largest absolute Gasteiger partial charge is 0 e. The van der Waals surface area contributed by atoms with Crippen LogP contribution in [-0.2, 0) is 26.5 Å². The minimum Gasteiger partial charge on any atom is 0 e. The molecule has 6 aromatic rings. The van der Waals surface area contributed by atoms with E-state index in [0.29, 0.717) is 11.3 Å². The number of hydrogen-bond acceptors (Lipinski definition) is 4. The molecule has 4 heterocycles. The third-order valence-corrected chi connectivity index (χ3v) is 12.2. The van der Waals surface area contributed by atoms with Gasteiger partial charge < -0.3 is 9.40 Å². The number of aromatic nitrogens is 3. The maximum absolute atomic E-state index is 13.3. The zero-order valence-corrected chi connectivity index (χ0v) is 29.2. The molecule has 1 fully saturated rings. The number of benzene rings is 2. The molecule has 0 N–H and O–H groups in total. The summed E-state index contributed by atoms with van der Waals surface area (Å²) in [6.07, 6.45) is 10.4. The van der Waals surface area contributed by atoms with E-state index in [9.17, 15) is 4.39 Å². The second-order valence-corrected chi connectivity index (χ2v) is 22.7. The van der Waals surface area contributed by atoms with E-state index in [2.05, 4.69) is 68.6 Å². The Morgan fingerprint density at radius 3 is 2.44 bits per heavy atom. The Morgan fingerprint density at radius 2 is 1.72 bits per heavy atom. The summed E-state index contributed by atoms with van der Waals surface area (Å²) in [4.78, 5) is 12.9. The number of nitrogens with zero attached hydrogens (tertiary/aromatic N) is 3. The zero-order valence-electron chi connectivity index (χ0n) is 24.7. The molecule has 1 radical (unpaired) electrons. The van der Waals surface area contributed by atoms with E-state index in [4.69, 9.17) is 4.42 Å². The standard InChI is InChI=1S/C22H18FN2O.C14H16GeN.Ir/c23-21-8-6-17-18-13-16(5-7-20(18)26-22(17)25-21)19-12-15(9-10-24-19)11-14-3-1-2-4-14;1-15(2,3)13-9-10-14(16-11-13)12-7-5-4-6-8-12;/h6-10,12-14H,1-4,11H2;4-7,9-11H,1-3H3;/q2*-1;. The van der Waals surface area contributed by atoms with Crippen LogP contribution in [-0.4, -0.2) is 28.2 Å². The van der Waals surface area contributed by atoms with Crippen molar-refractivity contribution in [3.05, 3.63) is 109 Å². The van der Waals surface area contributed by atoms with Gasteiger partial charge in [0.15, 0.2) is 0 Å². The molecular formula is C36H34FGeIrN3O-2. The molecule has 0 spiro atoms. The molecular weight excluding hydrogens is 774 g/mol. The first-order chi connectivity index (χ1) is 20.3. The van der Waals surface area contributed by atoms with Gasteiger partial charge in [0.25, 0.3) is 0 Å². The summed E-state index contributed by atoms with van der Waals surface area (Å²) in [6.45, 7) is 0. The molecule has 1 aliphatic carbocycles. The Labute approximate surface area is 268 Å². The Morgan fingerprint density at radius 1 is 0.884 bits per heavy atom. The molecule has 7 heteroatoms. The average molecular weight is 809 g/mol. The van der Waals surface area contributed by atoms with E-state index in [1.54, 1.807) is 12.1 Å². The van der Waals surface area contributed by atoms with Gasteiger partial charge >= 0.3 is 99.8 Å². The van der Waals surface area contributed by atoms with Gasteiger partial charge in [0.05, 0.1) is 5.58 Å². The summed E-state index contributed by atoms with van der Waals surface area (Å²) in [5, 5.41) is 1.71. The summed E-state index contributed by atoms with van der Waals surface area (Å²) in [5.41, 5.74) is 6.20. The van der Waals surface area contributed by atoms with Crippen LogP contribution in [0.25, 0.3) is 44.6 Å². The molecule has 0 amide bonds. The van der Waals surface area contributed by atoms with Crippen LogP contribution in [0, 0.1) is 24.0 Å². The minimum absolute atomic E-state index is 0. The normalized spacial score (nSPS) is 13.5. The number of halogens is 1. The minimum atomic E-state index is -1.72. The number of fused-ring (bicyclic) bond motifs is 3. The number of hydrogen-bond donors (Lipinski definition) is 0. The van der Waals surface area contributed by atoms with E-state index in [0.717, 1.165) is 45.6 Å². The maximum Gasteiger partial charge on any atom is 0 e. The van der Waals surface area contributed by atoms with Crippen LogP contribution in [0.3, 0.4) is 0 Å². The molecule has 2 aromatic carbocycles. The Bertz CT molecular complexity index is 1810. The predicted molar refractivity (Wildman–Crippen MR) is 171 cm³/mol. The third kappa shape index (κ3) is 7.49. The van der Waals surface area contributed by atoms with Crippen LogP contribution < -0.4 is 4.40 Å². The maximum atomic E-state index is 13.3. The van der Waals surface area contributed by atoms with Gasteiger partial charge in [0, 0.05) is 31.7 Å². The van der Waals surface area contributed by atoms with Crippen molar-refractivity contribution in [2.45, 2.75) is 49.4 Å². The van der Waals surface area contributed by atoms with Crippen molar-refractivity contribution in [3.63, 3.8) is 0 Å². The Kier molecular flexibility index (Phi) is 9.90. The van der Waals surface area contributed by atoms with Gasteiger partial charge in [-0.25, -0.2) is 0 Å². The quantitative estimate of drug-likeness (QED) is 0.0994. The molecule has 7 rings (SSSR count). The van der Waals surface area contributed by atoms with E-state index in [-0.39, 0.29) is 20.1 Å². The van der Waals surface area contributed by atoms with Gasteiger partial charge in [0.1, 0.15) is 0 Å². The van der Waals surface area contributed by atoms with Crippen molar-refractivity contribution in [2.24, 2.45) is 5.92 Å². The zero-order chi connectivity index (χ0) is 29.1. The molecule has 221 valence electrons. The summed E-state index contributed by atoms with van der Waals surface area (Å²) in [6, 6.07) is 29.9. The molecule has 0 unspecified atom stereocenters. The van der Waals surface area contributed by atoms with Gasteiger partial charge in [0.2, 0.25) is 11.7 Å². The van der Waals surface area contributed by atoms with Gasteiger partial charge in [-0.3, -0.25) is 0 Å². The molecule has 43 heavy (non-hydrogen) atoms. The van der Waals surface area contributed by atoms with Gasteiger partial charge in [-0.15, -0.1) is 23.8 Å². The summed E-state index contributed by atoms with van der Waals surface area (Å²) in [7, 11) is 0. The predicted octanol–water partition coefficient (Wildman–Crippen LogP) is 8.81. The van der Waals surface area contributed by atoms with Crippen molar-refractivity contribution < 1.29 is 28.9 Å². The second kappa shape index (κ2) is 13.6. The van der Waals surface area contributed by atoms with Crippen molar-refractivity contribution in [3.8, 4) is 22.5 Å².